The molecule has 29 heavy (non-hydrogen) atoms. The predicted molar refractivity (Wildman–Crippen MR) is 104 cm³/mol. The number of aromatic nitrogens is 1. The Labute approximate surface area is 165 Å². The molecule has 9 heteroatoms. The van der Waals surface area contributed by atoms with Crippen LogP contribution >= 0.6 is 0 Å². The number of ether oxygens (including phenoxy) is 1. The van der Waals surface area contributed by atoms with Gasteiger partial charge in [-0.3, -0.25) is 14.9 Å². The summed E-state index contributed by atoms with van der Waals surface area (Å²) in [6, 6.07) is 14.5. The van der Waals surface area contributed by atoms with Gasteiger partial charge in [0.05, 0.1) is 16.7 Å². The monoisotopic (exact) mass is 396 g/mol. The molecule has 1 heterocycles. The third kappa shape index (κ3) is 5.33. The number of nitrogens with two attached hydrogens (primary N) is 1. The zero-order chi connectivity index (χ0) is 20.8. The minimum absolute atomic E-state index is 0.0762. The molecular formula is C20H17FN4O4. The van der Waals surface area contributed by atoms with E-state index in [4.69, 9.17) is 10.5 Å². The highest BCUT2D eigenvalue weighted by atomic mass is 19.1. The molecule has 8 nitrogen and oxygen atoms in total. The molecule has 1 aromatic heterocycles. The van der Waals surface area contributed by atoms with E-state index >= 15 is 0 Å². The number of nitro groups is 1. The van der Waals surface area contributed by atoms with E-state index in [0.29, 0.717) is 5.75 Å². The number of pyridine rings is 1. The van der Waals surface area contributed by atoms with Crippen molar-refractivity contribution in [3.05, 3.63) is 88.4 Å². The van der Waals surface area contributed by atoms with Crippen molar-refractivity contribution in [2.75, 3.05) is 5.32 Å². The van der Waals surface area contributed by atoms with Gasteiger partial charge in [0.25, 0.3) is 5.69 Å². The van der Waals surface area contributed by atoms with Crippen LogP contribution in [0.5, 0.6) is 11.6 Å². The number of rotatable bonds is 7. The van der Waals surface area contributed by atoms with E-state index in [0.717, 1.165) is 11.8 Å². The largest absolute Gasteiger partial charge is 0.439 e. The summed E-state index contributed by atoms with van der Waals surface area (Å²) in [4.78, 5) is 26.1. The smallest absolute Gasteiger partial charge is 0.287 e. The summed E-state index contributed by atoms with van der Waals surface area (Å²) < 4.78 is 19.1. The van der Waals surface area contributed by atoms with Gasteiger partial charge >= 0.3 is 0 Å². The molecule has 0 unspecified atom stereocenters. The first-order valence-electron chi connectivity index (χ1n) is 8.60. The van der Waals surface area contributed by atoms with E-state index in [2.05, 4.69) is 10.3 Å². The number of halogens is 1. The summed E-state index contributed by atoms with van der Waals surface area (Å²) in [6.07, 6.45) is 1.35. The van der Waals surface area contributed by atoms with Crippen molar-refractivity contribution < 1.29 is 18.8 Å². The van der Waals surface area contributed by atoms with Crippen molar-refractivity contribution in [2.45, 2.75) is 12.5 Å². The number of benzene rings is 2. The lowest BCUT2D eigenvalue weighted by Crippen LogP contribution is -2.37. The summed E-state index contributed by atoms with van der Waals surface area (Å²) in [6.45, 7) is 0. The maximum atomic E-state index is 13.6. The second-order valence-corrected chi connectivity index (χ2v) is 6.14. The Kier molecular flexibility index (Phi) is 6.10. The number of carbonyl (C=O) groups is 1. The lowest BCUT2D eigenvalue weighted by Gasteiger charge is -2.13. The highest BCUT2D eigenvalue weighted by Crippen LogP contribution is 2.22. The Balaban J connectivity index is 1.57. The fourth-order valence-electron chi connectivity index (χ4n) is 2.49. The summed E-state index contributed by atoms with van der Waals surface area (Å²) in [7, 11) is 0. The lowest BCUT2D eigenvalue weighted by molar-refractivity contribution is -0.385. The van der Waals surface area contributed by atoms with Gasteiger partial charge in [0.15, 0.2) is 0 Å². The molecule has 0 aliphatic heterocycles. The Morgan fingerprint density at radius 3 is 2.52 bits per heavy atom. The second kappa shape index (κ2) is 8.89. The molecule has 0 saturated heterocycles. The standard InChI is InChI=1S/C20H17FN4O4/c21-16-3-1-2-4-18(16)24-20(26)17(22)11-13-5-8-15(9-6-13)29-19-10-7-14(12-23-19)25(27)28/h1-10,12,17H,11,22H2,(H,24,26)/t17-/m0/s1. The fourth-order valence-corrected chi connectivity index (χ4v) is 2.49. The molecule has 2 aromatic carbocycles. The van der Waals surface area contributed by atoms with E-state index in [1.165, 1.54) is 30.3 Å². The van der Waals surface area contributed by atoms with Gasteiger partial charge in [-0.15, -0.1) is 0 Å². The topological polar surface area (TPSA) is 120 Å². The fraction of sp³-hybridized carbons (Fsp3) is 0.100. The summed E-state index contributed by atoms with van der Waals surface area (Å²) in [5, 5.41) is 13.1. The molecule has 3 N–H and O–H groups in total. The lowest BCUT2D eigenvalue weighted by atomic mass is 10.1. The molecule has 0 fully saturated rings. The molecule has 0 saturated carbocycles. The Morgan fingerprint density at radius 1 is 1.17 bits per heavy atom. The van der Waals surface area contributed by atoms with Crippen molar-refractivity contribution in [1.29, 1.82) is 0 Å². The van der Waals surface area contributed by atoms with Crippen LogP contribution in [0.15, 0.2) is 66.9 Å². The first-order chi connectivity index (χ1) is 13.9. The van der Waals surface area contributed by atoms with Crippen LogP contribution in [0.3, 0.4) is 0 Å². The Morgan fingerprint density at radius 2 is 1.90 bits per heavy atom. The maximum Gasteiger partial charge on any atom is 0.287 e. The first kappa shape index (κ1) is 19.9. The van der Waals surface area contributed by atoms with Crippen LogP contribution < -0.4 is 15.8 Å². The van der Waals surface area contributed by atoms with Gasteiger partial charge in [-0.25, -0.2) is 9.37 Å². The van der Waals surface area contributed by atoms with Crippen LogP contribution in [0.4, 0.5) is 15.8 Å². The predicted octanol–water partition coefficient (Wildman–Crippen LogP) is 3.43. The van der Waals surface area contributed by atoms with Gasteiger partial charge in [0.1, 0.15) is 17.8 Å². The van der Waals surface area contributed by atoms with Crippen LogP contribution in [-0.2, 0) is 11.2 Å². The molecule has 3 aromatic rings. The quantitative estimate of drug-likeness (QED) is 0.466. The van der Waals surface area contributed by atoms with Crippen LogP contribution in [0.2, 0.25) is 0 Å². The van der Waals surface area contributed by atoms with Gasteiger partial charge in [0.2, 0.25) is 11.8 Å². The number of para-hydroxylation sites is 1. The summed E-state index contributed by atoms with van der Waals surface area (Å²) in [5.41, 5.74) is 6.65. The van der Waals surface area contributed by atoms with Crippen molar-refractivity contribution in [2.24, 2.45) is 5.73 Å². The summed E-state index contributed by atoms with van der Waals surface area (Å²) >= 11 is 0. The number of hydrogen-bond donors (Lipinski definition) is 2. The number of carbonyl (C=O) groups excluding carboxylic acids is 1. The van der Waals surface area contributed by atoms with E-state index in [1.807, 2.05) is 0 Å². The highest BCUT2D eigenvalue weighted by molar-refractivity contribution is 5.94. The van der Waals surface area contributed by atoms with Crippen LogP contribution in [-0.4, -0.2) is 21.9 Å². The van der Waals surface area contributed by atoms with Gasteiger partial charge < -0.3 is 15.8 Å². The van der Waals surface area contributed by atoms with Crippen LogP contribution in [0.1, 0.15) is 5.56 Å². The molecule has 148 valence electrons. The zero-order valence-electron chi connectivity index (χ0n) is 15.1. The number of hydrogen-bond acceptors (Lipinski definition) is 6. The minimum Gasteiger partial charge on any atom is -0.439 e. The molecule has 3 rings (SSSR count). The average molecular weight is 396 g/mol. The summed E-state index contributed by atoms with van der Waals surface area (Å²) in [5.74, 6) is -0.344. The molecule has 0 aliphatic rings. The zero-order valence-corrected chi connectivity index (χ0v) is 15.1. The van der Waals surface area contributed by atoms with Gasteiger partial charge in [-0.1, -0.05) is 24.3 Å². The molecule has 0 radical (unpaired) electrons. The van der Waals surface area contributed by atoms with Crippen molar-refractivity contribution in [1.82, 2.24) is 4.98 Å². The molecule has 1 atom stereocenters. The van der Waals surface area contributed by atoms with Crippen molar-refractivity contribution in [3.63, 3.8) is 0 Å². The second-order valence-electron chi connectivity index (χ2n) is 6.14. The molecular weight excluding hydrogens is 379 g/mol. The maximum absolute atomic E-state index is 13.6. The molecule has 0 aliphatic carbocycles. The third-order valence-corrected chi connectivity index (χ3v) is 4.00. The minimum atomic E-state index is -0.863. The first-order valence-corrected chi connectivity index (χ1v) is 8.60. The van der Waals surface area contributed by atoms with E-state index in [-0.39, 0.29) is 23.7 Å². The van der Waals surface area contributed by atoms with Crippen LogP contribution in [0, 0.1) is 15.9 Å². The molecule has 1 amide bonds. The van der Waals surface area contributed by atoms with Gasteiger partial charge in [0, 0.05) is 12.1 Å². The SMILES string of the molecule is N[C@@H](Cc1ccc(Oc2ccc([N+](=O)[O-])cn2)cc1)C(=O)Nc1ccccc1F. The van der Waals surface area contributed by atoms with Crippen LogP contribution in [0.25, 0.3) is 0 Å². The number of nitrogens with zero attached hydrogens (tertiary/aromatic N) is 2. The van der Waals surface area contributed by atoms with E-state index in [9.17, 15) is 19.3 Å². The molecule has 0 bridgehead atoms. The van der Waals surface area contributed by atoms with Crippen molar-refractivity contribution >= 4 is 17.3 Å². The van der Waals surface area contributed by atoms with Crippen molar-refractivity contribution in [3.8, 4) is 11.6 Å². The number of amides is 1. The van der Waals surface area contributed by atoms with E-state index < -0.39 is 22.7 Å². The Hall–Kier alpha value is -3.85. The Bertz CT molecular complexity index is 1010. The average Bonchev–Trinajstić information content (AvgIpc) is 2.71. The van der Waals surface area contributed by atoms with Gasteiger partial charge in [-0.2, -0.15) is 0 Å². The third-order valence-electron chi connectivity index (χ3n) is 4.00. The normalized spacial score (nSPS) is 11.5. The van der Waals surface area contributed by atoms with E-state index in [1.54, 1.807) is 30.3 Å². The number of anilines is 1. The van der Waals surface area contributed by atoms with Gasteiger partial charge in [-0.05, 0) is 36.2 Å². The molecule has 0 spiro atoms. The highest BCUT2D eigenvalue weighted by Gasteiger charge is 2.16. The number of nitrogens with one attached hydrogen (secondary N) is 1.